The molecule has 5 heteroatoms. The van der Waals surface area contributed by atoms with Crippen LogP contribution in [0.25, 0.3) is 0 Å². The minimum atomic E-state index is -0.333. The van der Waals surface area contributed by atoms with Crippen molar-refractivity contribution in [2.45, 2.75) is 31.7 Å². The molecule has 1 rings (SSSR count). The number of nitrogens with one attached hydrogen (secondary N) is 2. The Morgan fingerprint density at radius 1 is 1.40 bits per heavy atom. The van der Waals surface area contributed by atoms with E-state index in [0.29, 0.717) is 13.0 Å². The minimum Gasteiger partial charge on any atom is -0.450 e. The third kappa shape index (κ3) is 5.59. The molecule has 1 aliphatic rings. The minimum absolute atomic E-state index is 0.152. The highest BCUT2D eigenvalue weighted by molar-refractivity contribution is 5.67. The second-order valence-electron chi connectivity index (χ2n) is 3.74. The van der Waals surface area contributed by atoms with Gasteiger partial charge in [0.25, 0.3) is 0 Å². The van der Waals surface area contributed by atoms with Crippen molar-refractivity contribution in [3.8, 4) is 0 Å². The highest BCUT2D eigenvalue weighted by atomic mass is 16.5. The van der Waals surface area contributed by atoms with Crippen molar-refractivity contribution in [1.29, 1.82) is 0 Å². The Bertz CT molecular complexity index is 182. The largest absolute Gasteiger partial charge is 0.450 e. The Balaban J connectivity index is 2.01. The van der Waals surface area contributed by atoms with Crippen LogP contribution in [-0.2, 0) is 4.74 Å². The van der Waals surface area contributed by atoms with Crippen LogP contribution in [-0.4, -0.2) is 43.5 Å². The molecule has 0 aliphatic carbocycles. The highest BCUT2D eigenvalue weighted by Crippen LogP contribution is 2.02. The molecular weight excluding hydrogens is 196 g/mol. The lowest BCUT2D eigenvalue weighted by Gasteiger charge is -2.23. The molecule has 0 aromatic rings. The first-order valence-electron chi connectivity index (χ1n) is 5.58. The Kier molecular flexibility index (Phi) is 6.11. The van der Waals surface area contributed by atoms with Gasteiger partial charge in [-0.1, -0.05) is 0 Å². The number of ether oxygens (including phenoxy) is 1. The van der Waals surface area contributed by atoms with Gasteiger partial charge in [-0.05, 0) is 38.8 Å². The summed E-state index contributed by atoms with van der Waals surface area (Å²) in [5.41, 5.74) is 0. The van der Waals surface area contributed by atoms with Crippen LogP contribution in [0.5, 0.6) is 0 Å². The molecule has 1 heterocycles. The summed E-state index contributed by atoms with van der Waals surface area (Å²) in [4.78, 5) is 11.3. The number of piperidine rings is 1. The third-order valence-electron chi connectivity index (χ3n) is 2.45. The number of amides is 1. The Morgan fingerprint density at radius 3 is 2.80 bits per heavy atom. The van der Waals surface area contributed by atoms with Gasteiger partial charge in [0.2, 0.25) is 0 Å². The first kappa shape index (κ1) is 12.3. The third-order valence-corrected chi connectivity index (χ3v) is 2.45. The Morgan fingerprint density at radius 2 is 2.13 bits per heavy atom. The van der Waals surface area contributed by atoms with E-state index in [1.165, 1.54) is 0 Å². The molecule has 88 valence electrons. The average Bonchev–Trinajstić information content (AvgIpc) is 2.26. The van der Waals surface area contributed by atoms with Gasteiger partial charge in [-0.25, -0.2) is 4.79 Å². The van der Waals surface area contributed by atoms with E-state index in [1.807, 2.05) is 0 Å². The molecule has 5 nitrogen and oxygen atoms in total. The van der Waals surface area contributed by atoms with Gasteiger partial charge < -0.3 is 20.5 Å². The molecule has 15 heavy (non-hydrogen) atoms. The topological polar surface area (TPSA) is 70.6 Å². The Hall–Kier alpha value is -0.810. The number of aliphatic hydroxyl groups excluding tert-OH is 1. The van der Waals surface area contributed by atoms with Crippen molar-refractivity contribution in [3.63, 3.8) is 0 Å². The zero-order chi connectivity index (χ0) is 10.9. The molecule has 0 atom stereocenters. The second-order valence-corrected chi connectivity index (χ2v) is 3.74. The molecule has 0 unspecified atom stereocenters. The zero-order valence-corrected chi connectivity index (χ0v) is 9.00. The SMILES string of the molecule is O=C(NC1CCNCC1)OCCCCO. The maximum Gasteiger partial charge on any atom is 0.407 e. The molecule has 1 fully saturated rings. The summed E-state index contributed by atoms with van der Waals surface area (Å²) in [5.74, 6) is 0. The van der Waals surface area contributed by atoms with Crippen LogP contribution in [0.1, 0.15) is 25.7 Å². The van der Waals surface area contributed by atoms with Crippen LogP contribution in [0.15, 0.2) is 0 Å². The van der Waals surface area contributed by atoms with Gasteiger partial charge in [-0.3, -0.25) is 0 Å². The fourth-order valence-corrected chi connectivity index (χ4v) is 1.55. The van der Waals surface area contributed by atoms with Crippen molar-refractivity contribution >= 4 is 6.09 Å². The van der Waals surface area contributed by atoms with E-state index in [-0.39, 0.29) is 18.7 Å². The van der Waals surface area contributed by atoms with Gasteiger partial charge in [-0.2, -0.15) is 0 Å². The van der Waals surface area contributed by atoms with Gasteiger partial charge in [0, 0.05) is 12.6 Å². The van der Waals surface area contributed by atoms with E-state index < -0.39 is 0 Å². The maximum atomic E-state index is 11.3. The van der Waals surface area contributed by atoms with Crippen LogP contribution in [0.2, 0.25) is 0 Å². The molecular formula is C10H20N2O3. The predicted octanol–water partition coefficient (Wildman–Crippen LogP) is 0.237. The molecule has 3 N–H and O–H groups in total. The van der Waals surface area contributed by atoms with Crippen molar-refractivity contribution in [2.75, 3.05) is 26.3 Å². The molecule has 0 spiro atoms. The lowest BCUT2D eigenvalue weighted by molar-refractivity contribution is 0.135. The van der Waals surface area contributed by atoms with Crippen LogP contribution in [0.3, 0.4) is 0 Å². The fourth-order valence-electron chi connectivity index (χ4n) is 1.55. The molecule has 0 aromatic carbocycles. The number of aliphatic hydroxyl groups is 1. The van der Waals surface area contributed by atoms with Crippen LogP contribution in [0, 0.1) is 0 Å². The first-order valence-corrected chi connectivity index (χ1v) is 5.58. The molecule has 1 aliphatic heterocycles. The Labute approximate surface area is 90.2 Å². The number of carbonyl (C=O) groups excluding carboxylic acids is 1. The standard InChI is InChI=1S/C10H20N2O3/c13-7-1-2-8-15-10(14)12-9-3-5-11-6-4-9/h9,11,13H,1-8H2,(H,12,14). The molecule has 0 bridgehead atoms. The van der Waals surface area contributed by atoms with E-state index in [9.17, 15) is 4.79 Å². The van der Waals surface area contributed by atoms with Crippen molar-refractivity contribution in [1.82, 2.24) is 10.6 Å². The maximum absolute atomic E-state index is 11.3. The predicted molar refractivity (Wildman–Crippen MR) is 56.7 cm³/mol. The fraction of sp³-hybridized carbons (Fsp3) is 0.900. The summed E-state index contributed by atoms with van der Waals surface area (Å²) in [6.07, 6.45) is 2.99. The number of carbonyl (C=O) groups is 1. The summed E-state index contributed by atoms with van der Waals surface area (Å²) in [6.45, 7) is 2.45. The molecule has 1 saturated heterocycles. The van der Waals surface area contributed by atoms with Gasteiger partial charge in [0.15, 0.2) is 0 Å². The number of hydrogen-bond acceptors (Lipinski definition) is 4. The summed E-state index contributed by atoms with van der Waals surface area (Å²) in [7, 11) is 0. The molecule has 0 saturated carbocycles. The second kappa shape index (κ2) is 7.48. The average molecular weight is 216 g/mol. The van der Waals surface area contributed by atoms with E-state index >= 15 is 0 Å². The van der Waals surface area contributed by atoms with E-state index in [1.54, 1.807) is 0 Å². The quantitative estimate of drug-likeness (QED) is 0.576. The summed E-state index contributed by atoms with van der Waals surface area (Å²) < 4.78 is 4.97. The van der Waals surface area contributed by atoms with E-state index in [0.717, 1.165) is 32.4 Å². The lowest BCUT2D eigenvalue weighted by atomic mass is 10.1. The lowest BCUT2D eigenvalue weighted by Crippen LogP contribution is -2.43. The summed E-state index contributed by atoms with van der Waals surface area (Å²) in [6, 6.07) is 0.247. The molecule has 1 amide bonds. The van der Waals surface area contributed by atoms with Gasteiger partial charge in [0.1, 0.15) is 0 Å². The van der Waals surface area contributed by atoms with Crippen LogP contribution < -0.4 is 10.6 Å². The number of alkyl carbamates (subject to hydrolysis) is 1. The molecule has 0 aromatic heterocycles. The van der Waals surface area contributed by atoms with Crippen LogP contribution in [0.4, 0.5) is 4.79 Å². The first-order chi connectivity index (χ1) is 7.33. The van der Waals surface area contributed by atoms with Gasteiger partial charge >= 0.3 is 6.09 Å². The summed E-state index contributed by atoms with van der Waals surface area (Å²) in [5, 5.41) is 14.6. The normalized spacial score (nSPS) is 17.4. The van der Waals surface area contributed by atoms with E-state index in [2.05, 4.69) is 10.6 Å². The number of unbranched alkanes of at least 4 members (excludes halogenated alkanes) is 1. The van der Waals surface area contributed by atoms with Crippen LogP contribution >= 0.6 is 0 Å². The van der Waals surface area contributed by atoms with Crippen molar-refractivity contribution in [3.05, 3.63) is 0 Å². The summed E-state index contributed by atoms with van der Waals surface area (Å²) >= 11 is 0. The number of rotatable bonds is 5. The van der Waals surface area contributed by atoms with Gasteiger partial charge in [0.05, 0.1) is 6.61 Å². The van der Waals surface area contributed by atoms with Crippen molar-refractivity contribution in [2.24, 2.45) is 0 Å². The van der Waals surface area contributed by atoms with Gasteiger partial charge in [-0.15, -0.1) is 0 Å². The monoisotopic (exact) mass is 216 g/mol. The molecule has 0 radical (unpaired) electrons. The zero-order valence-electron chi connectivity index (χ0n) is 9.00. The van der Waals surface area contributed by atoms with E-state index in [4.69, 9.17) is 9.84 Å². The smallest absolute Gasteiger partial charge is 0.407 e. The number of hydrogen-bond donors (Lipinski definition) is 3. The highest BCUT2D eigenvalue weighted by Gasteiger charge is 2.15. The van der Waals surface area contributed by atoms with Crippen molar-refractivity contribution < 1.29 is 14.6 Å².